The molecule has 0 aliphatic carbocycles. The van der Waals surface area contributed by atoms with Crippen molar-refractivity contribution in [1.82, 2.24) is 5.32 Å². The molecule has 5 nitrogen and oxygen atoms in total. The van der Waals surface area contributed by atoms with Gasteiger partial charge in [-0.05, 0) is 60.3 Å². The van der Waals surface area contributed by atoms with E-state index in [9.17, 15) is 9.59 Å². The van der Waals surface area contributed by atoms with Crippen LogP contribution in [0.5, 0.6) is 5.75 Å². The smallest absolute Gasteiger partial charge is 0.270 e. The molecule has 2 aromatic carbocycles. The highest BCUT2D eigenvalue weighted by Crippen LogP contribution is 2.24. The minimum Gasteiger partial charge on any atom is -0.481 e. The van der Waals surface area contributed by atoms with Crippen molar-refractivity contribution in [2.45, 2.75) is 0 Å². The van der Waals surface area contributed by atoms with Crippen molar-refractivity contribution in [1.29, 1.82) is 0 Å². The second-order valence-electron chi connectivity index (χ2n) is 5.50. The largest absolute Gasteiger partial charge is 0.481 e. The average Bonchev–Trinajstić information content (AvgIpc) is 2.66. The van der Waals surface area contributed by atoms with E-state index in [-0.39, 0.29) is 17.3 Å². The molecular formula is C20H13BrN2O3S. The topological polar surface area (TPSA) is 58.6 Å². The standard InChI is InChI=1S/C20H13BrN2O3S/c1-2-11-26-16-9-3-13(4-10-16)12-17-18(24)22-20(27)23(19(17)25)15-7-5-14(21)6-8-15/h1,3-10,12H,11H2,(H,22,24,27)/b17-12+. The number of carbonyl (C=O) groups is 2. The van der Waals surface area contributed by atoms with Gasteiger partial charge < -0.3 is 4.74 Å². The van der Waals surface area contributed by atoms with Crippen LogP contribution in [0.25, 0.3) is 6.08 Å². The zero-order valence-corrected chi connectivity index (χ0v) is 16.3. The van der Waals surface area contributed by atoms with Crippen LogP contribution in [0.4, 0.5) is 5.69 Å². The van der Waals surface area contributed by atoms with E-state index in [1.54, 1.807) is 48.5 Å². The molecule has 134 valence electrons. The summed E-state index contributed by atoms with van der Waals surface area (Å²) in [4.78, 5) is 26.5. The Balaban J connectivity index is 1.89. The summed E-state index contributed by atoms with van der Waals surface area (Å²) < 4.78 is 6.18. The third-order valence-electron chi connectivity index (χ3n) is 3.70. The molecule has 2 amide bonds. The lowest BCUT2D eigenvalue weighted by Gasteiger charge is -2.29. The molecule has 0 saturated carbocycles. The van der Waals surface area contributed by atoms with Gasteiger partial charge in [-0.2, -0.15) is 0 Å². The maximum Gasteiger partial charge on any atom is 0.270 e. The van der Waals surface area contributed by atoms with Crippen molar-refractivity contribution in [2.75, 3.05) is 11.5 Å². The van der Waals surface area contributed by atoms with Gasteiger partial charge in [0.15, 0.2) is 5.11 Å². The summed E-state index contributed by atoms with van der Waals surface area (Å²) in [7, 11) is 0. The summed E-state index contributed by atoms with van der Waals surface area (Å²) in [5.74, 6) is 1.96. The van der Waals surface area contributed by atoms with E-state index in [1.807, 2.05) is 0 Å². The highest BCUT2D eigenvalue weighted by Gasteiger charge is 2.34. The molecule has 1 N–H and O–H groups in total. The Bertz CT molecular complexity index is 976. The minimum absolute atomic E-state index is 0.0104. The van der Waals surface area contributed by atoms with Gasteiger partial charge in [-0.3, -0.25) is 19.8 Å². The fraction of sp³-hybridized carbons (Fsp3) is 0.0500. The Kier molecular flexibility index (Phi) is 5.69. The third-order valence-corrected chi connectivity index (χ3v) is 4.51. The lowest BCUT2D eigenvalue weighted by molar-refractivity contribution is -0.122. The number of ether oxygens (including phenoxy) is 1. The molecule has 1 heterocycles. The molecular weight excluding hydrogens is 428 g/mol. The Morgan fingerprint density at radius 3 is 2.44 bits per heavy atom. The fourth-order valence-electron chi connectivity index (χ4n) is 2.43. The highest BCUT2D eigenvalue weighted by molar-refractivity contribution is 9.10. The Hall–Kier alpha value is -2.95. The SMILES string of the molecule is C#CCOc1ccc(/C=C2\C(=O)NC(=S)N(c3ccc(Br)cc3)C2=O)cc1. The normalized spacial score (nSPS) is 15.5. The van der Waals surface area contributed by atoms with Crippen LogP contribution in [0.2, 0.25) is 0 Å². The van der Waals surface area contributed by atoms with Crippen LogP contribution >= 0.6 is 28.1 Å². The van der Waals surface area contributed by atoms with Gasteiger partial charge in [0.05, 0.1) is 5.69 Å². The molecule has 0 atom stereocenters. The third kappa shape index (κ3) is 4.25. The molecule has 0 unspecified atom stereocenters. The number of anilines is 1. The summed E-state index contributed by atoms with van der Waals surface area (Å²) in [6.45, 7) is 0.168. The number of nitrogens with zero attached hydrogens (tertiary/aromatic N) is 1. The number of terminal acetylenes is 1. The molecule has 1 fully saturated rings. The van der Waals surface area contributed by atoms with Crippen molar-refractivity contribution in [3.63, 3.8) is 0 Å². The first-order valence-electron chi connectivity index (χ1n) is 7.83. The summed E-state index contributed by atoms with van der Waals surface area (Å²) in [6.07, 6.45) is 6.67. The maximum absolute atomic E-state index is 12.9. The molecule has 1 saturated heterocycles. The molecule has 0 spiro atoms. The predicted molar refractivity (Wildman–Crippen MR) is 111 cm³/mol. The number of hydrogen-bond donors (Lipinski definition) is 1. The van der Waals surface area contributed by atoms with Crippen molar-refractivity contribution >= 4 is 56.8 Å². The zero-order chi connectivity index (χ0) is 19.4. The molecule has 2 aromatic rings. The first-order valence-corrected chi connectivity index (χ1v) is 9.03. The number of nitrogens with one attached hydrogen (secondary N) is 1. The highest BCUT2D eigenvalue weighted by atomic mass is 79.9. The maximum atomic E-state index is 12.9. The van der Waals surface area contributed by atoms with Crippen molar-refractivity contribution < 1.29 is 14.3 Å². The summed E-state index contributed by atoms with van der Waals surface area (Å²) in [5.41, 5.74) is 1.23. The molecule has 27 heavy (non-hydrogen) atoms. The van der Waals surface area contributed by atoms with E-state index < -0.39 is 11.8 Å². The lowest BCUT2D eigenvalue weighted by Crippen LogP contribution is -2.54. The number of rotatable bonds is 4. The predicted octanol–water partition coefficient (Wildman–Crippen LogP) is 3.29. The van der Waals surface area contributed by atoms with Gasteiger partial charge in [0.1, 0.15) is 17.9 Å². The van der Waals surface area contributed by atoms with Gasteiger partial charge >= 0.3 is 0 Å². The van der Waals surface area contributed by atoms with Crippen LogP contribution in [0.1, 0.15) is 5.56 Å². The van der Waals surface area contributed by atoms with Gasteiger partial charge in [0, 0.05) is 4.47 Å². The molecule has 7 heteroatoms. The number of hydrogen-bond acceptors (Lipinski definition) is 4. The monoisotopic (exact) mass is 440 g/mol. The molecule has 0 radical (unpaired) electrons. The van der Waals surface area contributed by atoms with Gasteiger partial charge in [-0.1, -0.05) is 34.0 Å². The van der Waals surface area contributed by atoms with E-state index in [4.69, 9.17) is 23.4 Å². The van der Waals surface area contributed by atoms with Gasteiger partial charge in [0.2, 0.25) is 0 Å². The van der Waals surface area contributed by atoms with E-state index in [2.05, 4.69) is 27.2 Å². The Labute approximate surface area is 170 Å². The number of benzene rings is 2. The molecule has 3 rings (SSSR count). The first-order chi connectivity index (χ1) is 13.0. The fourth-order valence-corrected chi connectivity index (χ4v) is 2.98. The van der Waals surface area contributed by atoms with Crippen LogP contribution in [0, 0.1) is 12.3 Å². The summed E-state index contributed by atoms with van der Waals surface area (Å²) >= 11 is 8.52. The number of carbonyl (C=O) groups excluding carboxylic acids is 2. The van der Waals surface area contributed by atoms with Crippen LogP contribution in [-0.4, -0.2) is 23.5 Å². The van der Waals surface area contributed by atoms with Crippen LogP contribution < -0.4 is 15.0 Å². The number of halogens is 1. The van der Waals surface area contributed by atoms with E-state index in [0.717, 1.165) is 4.47 Å². The molecule has 1 aliphatic heterocycles. The van der Waals surface area contributed by atoms with E-state index in [0.29, 0.717) is 17.0 Å². The van der Waals surface area contributed by atoms with Crippen molar-refractivity contribution in [3.05, 3.63) is 64.1 Å². The van der Waals surface area contributed by atoms with Gasteiger partial charge in [0.25, 0.3) is 11.8 Å². The zero-order valence-electron chi connectivity index (χ0n) is 13.9. The van der Waals surface area contributed by atoms with Crippen molar-refractivity contribution in [2.24, 2.45) is 0 Å². The van der Waals surface area contributed by atoms with Gasteiger partial charge in [-0.25, -0.2) is 0 Å². The molecule has 0 bridgehead atoms. The summed E-state index contributed by atoms with van der Waals surface area (Å²) in [5, 5.41) is 2.60. The minimum atomic E-state index is -0.536. The van der Waals surface area contributed by atoms with Crippen LogP contribution in [0.15, 0.2) is 58.6 Å². The van der Waals surface area contributed by atoms with Crippen LogP contribution in [0.3, 0.4) is 0 Å². The second-order valence-corrected chi connectivity index (χ2v) is 6.80. The van der Waals surface area contributed by atoms with E-state index in [1.165, 1.54) is 11.0 Å². The Morgan fingerprint density at radius 1 is 1.15 bits per heavy atom. The lowest BCUT2D eigenvalue weighted by atomic mass is 10.1. The number of thiocarbonyl (C=S) groups is 1. The van der Waals surface area contributed by atoms with E-state index >= 15 is 0 Å². The van der Waals surface area contributed by atoms with Crippen molar-refractivity contribution in [3.8, 4) is 18.1 Å². The first kappa shape index (κ1) is 18.8. The second kappa shape index (κ2) is 8.16. The quantitative estimate of drug-likeness (QED) is 0.343. The molecule has 1 aliphatic rings. The molecule has 0 aromatic heterocycles. The number of amides is 2. The van der Waals surface area contributed by atoms with Gasteiger partial charge in [-0.15, -0.1) is 6.42 Å². The summed E-state index contributed by atoms with van der Waals surface area (Å²) in [6, 6.07) is 14.0. The Morgan fingerprint density at radius 2 is 1.81 bits per heavy atom. The van der Waals surface area contributed by atoms with Crippen LogP contribution in [-0.2, 0) is 9.59 Å². The average molecular weight is 441 g/mol.